The van der Waals surface area contributed by atoms with Crippen LogP contribution in [0.4, 0.5) is 0 Å². The van der Waals surface area contributed by atoms with E-state index in [1.165, 1.54) is 5.06 Å². The number of hydrogen-bond acceptors (Lipinski definition) is 3. The standard InChI is InChI=1S/C6H12N2O2/c1-6(9)7-2-4-8(10)5-3-7/h10H,2-5H2,1H3. The Bertz CT molecular complexity index is 130. The third kappa shape index (κ3) is 1.68. The van der Waals surface area contributed by atoms with Crippen LogP contribution in [0.1, 0.15) is 6.92 Å². The van der Waals surface area contributed by atoms with Gasteiger partial charge in [-0.25, -0.2) is 0 Å². The number of carbonyl (C=O) groups excluding carboxylic acids is 1. The molecule has 0 atom stereocenters. The first kappa shape index (κ1) is 7.50. The molecule has 0 aromatic carbocycles. The molecule has 1 aliphatic rings. The summed E-state index contributed by atoms with van der Waals surface area (Å²) in [5.74, 6) is 0.0908. The summed E-state index contributed by atoms with van der Waals surface area (Å²) in [4.78, 5) is 12.5. The van der Waals surface area contributed by atoms with Gasteiger partial charge < -0.3 is 10.1 Å². The second-order valence-electron chi connectivity index (χ2n) is 2.46. The quantitative estimate of drug-likeness (QED) is 0.500. The molecule has 0 aliphatic carbocycles. The van der Waals surface area contributed by atoms with Gasteiger partial charge in [-0.2, -0.15) is 5.06 Å². The largest absolute Gasteiger partial charge is 0.340 e. The Morgan fingerprint density at radius 1 is 1.30 bits per heavy atom. The predicted molar refractivity (Wildman–Crippen MR) is 35.6 cm³/mol. The van der Waals surface area contributed by atoms with Crippen LogP contribution in [0.25, 0.3) is 0 Å². The normalized spacial score (nSPS) is 21.2. The lowest BCUT2D eigenvalue weighted by Gasteiger charge is -2.30. The Morgan fingerprint density at radius 3 is 2.20 bits per heavy atom. The fourth-order valence-electron chi connectivity index (χ4n) is 1.01. The van der Waals surface area contributed by atoms with Crippen molar-refractivity contribution < 1.29 is 10.0 Å². The lowest BCUT2D eigenvalue weighted by molar-refractivity contribution is -0.144. The van der Waals surface area contributed by atoms with Crippen LogP contribution in [-0.4, -0.2) is 47.3 Å². The first-order valence-corrected chi connectivity index (χ1v) is 3.39. The van der Waals surface area contributed by atoms with Gasteiger partial charge in [0.2, 0.25) is 5.91 Å². The molecular formula is C6H12N2O2. The van der Waals surface area contributed by atoms with Gasteiger partial charge in [0.15, 0.2) is 0 Å². The van der Waals surface area contributed by atoms with Crippen molar-refractivity contribution in [2.24, 2.45) is 0 Å². The van der Waals surface area contributed by atoms with E-state index in [-0.39, 0.29) is 5.91 Å². The van der Waals surface area contributed by atoms with E-state index in [1.807, 2.05) is 0 Å². The van der Waals surface area contributed by atoms with Crippen molar-refractivity contribution in [2.75, 3.05) is 26.2 Å². The van der Waals surface area contributed by atoms with Crippen molar-refractivity contribution >= 4 is 5.91 Å². The first-order chi connectivity index (χ1) is 4.70. The molecule has 1 saturated heterocycles. The van der Waals surface area contributed by atoms with Crippen LogP contribution >= 0.6 is 0 Å². The summed E-state index contributed by atoms with van der Waals surface area (Å²) in [5.41, 5.74) is 0. The summed E-state index contributed by atoms with van der Waals surface area (Å²) in [7, 11) is 0. The maximum absolute atomic E-state index is 10.7. The molecule has 1 heterocycles. The molecule has 1 N–H and O–H groups in total. The zero-order valence-corrected chi connectivity index (χ0v) is 6.08. The molecule has 4 nitrogen and oxygen atoms in total. The van der Waals surface area contributed by atoms with Crippen molar-refractivity contribution in [1.29, 1.82) is 0 Å². The molecule has 0 aromatic heterocycles. The van der Waals surface area contributed by atoms with Crippen LogP contribution in [0, 0.1) is 0 Å². The molecule has 4 heteroatoms. The van der Waals surface area contributed by atoms with Crippen LogP contribution < -0.4 is 0 Å². The molecule has 0 unspecified atom stereocenters. The zero-order chi connectivity index (χ0) is 7.56. The van der Waals surface area contributed by atoms with Crippen LogP contribution in [-0.2, 0) is 4.79 Å². The van der Waals surface area contributed by atoms with E-state index in [2.05, 4.69) is 0 Å². The Hall–Kier alpha value is -0.610. The topological polar surface area (TPSA) is 43.8 Å². The monoisotopic (exact) mass is 144 g/mol. The molecular weight excluding hydrogens is 132 g/mol. The van der Waals surface area contributed by atoms with Crippen molar-refractivity contribution in [3.63, 3.8) is 0 Å². The molecule has 1 aliphatic heterocycles. The van der Waals surface area contributed by atoms with Gasteiger partial charge in [-0.05, 0) is 0 Å². The van der Waals surface area contributed by atoms with E-state index in [0.717, 1.165) is 0 Å². The highest BCUT2D eigenvalue weighted by molar-refractivity contribution is 5.73. The minimum atomic E-state index is 0.0908. The molecule has 0 aromatic rings. The van der Waals surface area contributed by atoms with E-state index in [4.69, 9.17) is 5.21 Å². The summed E-state index contributed by atoms with van der Waals surface area (Å²) < 4.78 is 0. The molecule has 0 spiro atoms. The minimum Gasteiger partial charge on any atom is -0.340 e. The number of hydrogen-bond donors (Lipinski definition) is 1. The molecule has 1 fully saturated rings. The lowest BCUT2D eigenvalue weighted by atomic mass is 10.3. The zero-order valence-electron chi connectivity index (χ0n) is 6.08. The molecule has 0 radical (unpaired) electrons. The van der Waals surface area contributed by atoms with Gasteiger partial charge in [0.05, 0.1) is 0 Å². The molecule has 10 heavy (non-hydrogen) atoms. The van der Waals surface area contributed by atoms with E-state index >= 15 is 0 Å². The highest BCUT2D eigenvalue weighted by Crippen LogP contribution is 1.97. The smallest absolute Gasteiger partial charge is 0.219 e. The van der Waals surface area contributed by atoms with E-state index in [0.29, 0.717) is 26.2 Å². The van der Waals surface area contributed by atoms with E-state index in [9.17, 15) is 4.79 Å². The third-order valence-corrected chi connectivity index (χ3v) is 1.70. The third-order valence-electron chi connectivity index (χ3n) is 1.70. The van der Waals surface area contributed by atoms with Gasteiger partial charge in [-0.15, -0.1) is 0 Å². The average molecular weight is 144 g/mol. The number of nitrogens with zero attached hydrogens (tertiary/aromatic N) is 2. The Labute approximate surface area is 60.0 Å². The number of carbonyl (C=O) groups is 1. The van der Waals surface area contributed by atoms with Crippen molar-refractivity contribution in [2.45, 2.75) is 6.92 Å². The van der Waals surface area contributed by atoms with Gasteiger partial charge in [0, 0.05) is 33.1 Å². The first-order valence-electron chi connectivity index (χ1n) is 3.39. The van der Waals surface area contributed by atoms with Crippen molar-refractivity contribution in [3.8, 4) is 0 Å². The molecule has 0 bridgehead atoms. The number of rotatable bonds is 0. The summed E-state index contributed by atoms with van der Waals surface area (Å²) in [6.07, 6.45) is 0. The Morgan fingerprint density at radius 2 is 1.80 bits per heavy atom. The van der Waals surface area contributed by atoms with Crippen LogP contribution in [0.15, 0.2) is 0 Å². The van der Waals surface area contributed by atoms with Gasteiger partial charge in [-0.1, -0.05) is 0 Å². The second kappa shape index (κ2) is 2.98. The predicted octanol–water partition coefficient (Wildman–Crippen LogP) is -0.460. The van der Waals surface area contributed by atoms with E-state index < -0.39 is 0 Å². The average Bonchev–Trinajstić information content (AvgIpc) is 1.88. The minimum absolute atomic E-state index is 0.0908. The second-order valence-corrected chi connectivity index (χ2v) is 2.46. The lowest BCUT2D eigenvalue weighted by Crippen LogP contribution is -2.46. The molecule has 58 valence electrons. The summed E-state index contributed by atoms with van der Waals surface area (Å²) in [6, 6.07) is 0. The van der Waals surface area contributed by atoms with Gasteiger partial charge >= 0.3 is 0 Å². The molecule has 1 amide bonds. The van der Waals surface area contributed by atoms with Crippen molar-refractivity contribution in [1.82, 2.24) is 9.96 Å². The number of piperazine rings is 1. The summed E-state index contributed by atoms with van der Waals surface area (Å²) >= 11 is 0. The number of amides is 1. The fourth-order valence-corrected chi connectivity index (χ4v) is 1.01. The van der Waals surface area contributed by atoms with Crippen LogP contribution in [0.5, 0.6) is 0 Å². The van der Waals surface area contributed by atoms with Crippen LogP contribution in [0.2, 0.25) is 0 Å². The number of hydroxylamine groups is 2. The summed E-state index contributed by atoms with van der Waals surface area (Å²) in [5, 5.41) is 10.1. The van der Waals surface area contributed by atoms with Gasteiger partial charge in [0.1, 0.15) is 0 Å². The molecule has 0 saturated carbocycles. The van der Waals surface area contributed by atoms with Crippen molar-refractivity contribution in [3.05, 3.63) is 0 Å². The maximum Gasteiger partial charge on any atom is 0.219 e. The fraction of sp³-hybridized carbons (Fsp3) is 0.833. The summed E-state index contributed by atoms with van der Waals surface area (Å²) in [6.45, 7) is 3.98. The SMILES string of the molecule is CC(=O)N1CCN(O)CC1. The van der Waals surface area contributed by atoms with Crippen LogP contribution in [0.3, 0.4) is 0 Å². The van der Waals surface area contributed by atoms with Gasteiger partial charge in [-0.3, -0.25) is 4.79 Å². The van der Waals surface area contributed by atoms with E-state index in [1.54, 1.807) is 11.8 Å². The highest BCUT2D eigenvalue weighted by atomic mass is 16.5. The highest BCUT2D eigenvalue weighted by Gasteiger charge is 2.15. The maximum atomic E-state index is 10.7. The molecule has 1 rings (SSSR count). The van der Waals surface area contributed by atoms with Gasteiger partial charge in [0.25, 0.3) is 0 Å². The Balaban J connectivity index is 2.33. The Kier molecular flexibility index (Phi) is 2.24.